The van der Waals surface area contributed by atoms with E-state index in [1.807, 2.05) is 4.90 Å². The predicted molar refractivity (Wildman–Crippen MR) is 116 cm³/mol. The van der Waals surface area contributed by atoms with Crippen molar-refractivity contribution < 1.29 is 27.4 Å². The highest BCUT2D eigenvalue weighted by atomic mass is 19.4. The number of ether oxygens (including phenoxy) is 2. The van der Waals surface area contributed by atoms with Gasteiger partial charge in [-0.15, -0.1) is 0 Å². The van der Waals surface area contributed by atoms with Gasteiger partial charge >= 0.3 is 18.2 Å². The fraction of sp³-hybridized carbons (Fsp3) is 0.542. The molecule has 2 aromatic rings. The van der Waals surface area contributed by atoms with Crippen LogP contribution in [0.2, 0.25) is 0 Å². The van der Waals surface area contributed by atoms with Gasteiger partial charge in [0.1, 0.15) is 0 Å². The molecule has 1 aromatic carbocycles. The fourth-order valence-corrected chi connectivity index (χ4v) is 4.52. The van der Waals surface area contributed by atoms with Crippen LogP contribution in [-0.4, -0.2) is 60.4 Å². The molecule has 6 nitrogen and oxygen atoms in total. The number of hydrogen-bond acceptors (Lipinski definition) is 6. The number of nitrogens with zero attached hydrogens (tertiary/aromatic N) is 3. The number of rotatable bonds is 7. The van der Waals surface area contributed by atoms with Gasteiger partial charge in [0, 0.05) is 24.5 Å². The normalized spacial score (nSPS) is 19.0. The van der Waals surface area contributed by atoms with Crippen LogP contribution in [0.5, 0.6) is 6.01 Å². The third kappa shape index (κ3) is 5.29. The minimum Gasteiger partial charge on any atom is -0.465 e. The van der Waals surface area contributed by atoms with E-state index in [1.54, 1.807) is 36.7 Å². The molecule has 2 aliphatic rings. The highest BCUT2D eigenvalue weighted by Gasteiger charge is 2.58. The van der Waals surface area contributed by atoms with E-state index >= 15 is 0 Å². The quantitative estimate of drug-likeness (QED) is 0.552. The molecular weight excluding hydrogens is 435 g/mol. The number of methoxy groups -OCH3 is 1. The zero-order valence-electron chi connectivity index (χ0n) is 18.6. The molecule has 0 bridgehead atoms. The summed E-state index contributed by atoms with van der Waals surface area (Å²) in [5, 5.41) is 0. The molecule has 33 heavy (non-hydrogen) atoms. The number of carbonyl (C=O) groups is 1. The highest BCUT2D eigenvalue weighted by molar-refractivity contribution is 5.89. The maximum atomic E-state index is 13.4. The Hall–Kier alpha value is -2.68. The average Bonchev–Trinajstić information content (AvgIpc) is 2.80. The topological polar surface area (TPSA) is 64.6 Å². The van der Waals surface area contributed by atoms with Gasteiger partial charge in [-0.25, -0.2) is 14.8 Å². The predicted octanol–water partition coefficient (Wildman–Crippen LogP) is 4.75. The van der Waals surface area contributed by atoms with Crippen molar-refractivity contribution in [3.63, 3.8) is 0 Å². The minimum absolute atomic E-state index is 0.120. The van der Waals surface area contributed by atoms with Crippen LogP contribution in [0.1, 0.15) is 42.5 Å². The van der Waals surface area contributed by atoms with E-state index in [2.05, 4.69) is 9.97 Å². The number of hydrogen-bond donors (Lipinski definition) is 0. The molecule has 0 radical (unpaired) electrons. The second-order valence-electron chi connectivity index (χ2n) is 8.99. The molecule has 1 saturated carbocycles. The molecule has 0 amide bonds. The second-order valence-corrected chi connectivity index (χ2v) is 8.99. The van der Waals surface area contributed by atoms with Gasteiger partial charge in [0.25, 0.3) is 0 Å². The first-order valence-electron chi connectivity index (χ1n) is 11.2. The summed E-state index contributed by atoms with van der Waals surface area (Å²) in [4.78, 5) is 22.0. The van der Waals surface area contributed by atoms with Crippen molar-refractivity contribution >= 4 is 5.97 Å². The fourth-order valence-electron chi connectivity index (χ4n) is 4.52. The number of alkyl halides is 3. The third-order valence-electron chi connectivity index (χ3n) is 6.86. The molecule has 1 aliphatic heterocycles. The van der Waals surface area contributed by atoms with Crippen molar-refractivity contribution in [2.75, 3.05) is 33.4 Å². The Bertz CT molecular complexity index is 936. The molecule has 1 aliphatic carbocycles. The SMILES string of the molecule is COC(=O)c1ccc(-c2cnc(OCC3CCN(CC4(C(F)(F)F)CCC4)CC3)nc2)cc1. The molecular formula is C24H28F3N3O3. The maximum Gasteiger partial charge on any atom is 0.395 e. The Morgan fingerprint density at radius 2 is 1.73 bits per heavy atom. The minimum atomic E-state index is -4.11. The van der Waals surface area contributed by atoms with E-state index in [1.165, 1.54) is 7.11 Å². The van der Waals surface area contributed by atoms with E-state index in [-0.39, 0.29) is 31.3 Å². The summed E-state index contributed by atoms with van der Waals surface area (Å²) in [5.74, 6) is -0.117. The van der Waals surface area contributed by atoms with Crippen molar-refractivity contribution in [1.82, 2.24) is 14.9 Å². The smallest absolute Gasteiger partial charge is 0.395 e. The summed E-state index contributed by atoms with van der Waals surface area (Å²) < 4.78 is 50.7. The maximum absolute atomic E-state index is 13.4. The summed E-state index contributed by atoms with van der Waals surface area (Å²) in [6, 6.07) is 7.23. The van der Waals surface area contributed by atoms with E-state index in [0.717, 1.165) is 24.0 Å². The van der Waals surface area contributed by atoms with Gasteiger partial charge in [-0.2, -0.15) is 13.2 Å². The van der Waals surface area contributed by atoms with Crippen LogP contribution in [0, 0.1) is 11.3 Å². The Morgan fingerprint density at radius 3 is 2.24 bits per heavy atom. The first-order valence-corrected chi connectivity index (χ1v) is 11.2. The van der Waals surface area contributed by atoms with Gasteiger partial charge in [-0.1, -0.05) is 18.6 Å². The summed E-state index contributed by atoms with van der Waals surface area (Å²) in [6.45, 7) is 1.89. The molecule has 0 unspecified atom stereocenters. The van der Waals surface area contributed by atoms with Crippen molar-refractivity contribution in [2.24, 2.45) is 11.3 Å². The van der Waals surface area contributed by atoms with E-state index < -0.39 is 17.6 Å². The molecule has 0 spiro atoms. The lowest BCUT2D eigenvalue weighted by Crippen LogP contribution is -2.53. The molecule has 2 heterocycles. The van der Waals surface area contributed by atoms with Crippen LogP contribution in [0.15, 0.2) is 36.7 Å². The Morgan fingerprint density at radius 1 is 1.09 bits per heavy atom. The highest BCUT2D eigenvalue weighted by Crippen LogP contribution is 2.53. The zero-order chi connectivity index (χ0) is 23.5. The monoisotopic (exact) mass is 463 g/mol. The summed E-state index contributed by atoms with van der Waals surface area (Å²) >= 11 is 0. The molecule has 178 valence electrons. The number of benzene rings is 1. The molecule has 9 heteroatoms. The van der Waals surface area contributed by atoms with Crippen molar-refractivity contribution in [3.05, 3.63) is 42.2 Å². The molecule has 1 aromatic heterocycles. The van der Waals surface area contributed by atoms with Gasteiger partial charge in [0.05, 0.1) is 24.7 Å². The molecule has 0 N–H and O–H groups in total. The summed E-state index contributed by atoms with van der Waals surface area (Å²) in [6.07, 6.45) is 1.99. The number of esters is 1. The number of carbonyl (C=O) groups excluding carboxylic acids is 1. The largest absolute Gasteiger partial charge is 0.465 e. The van der Waals surface area contributed by atoms with Crippen LogP contribution < -0.4 is 4.74 Å². The van der Waals surface area contributed by atoms with Crippen LogP contribution in [0.3, 0.4) is 0 Å². The van der Waals surface area contributed by atoms with E-state index in [4.69, 9.17) is 9.47 Å². The van der Waals surface area contributed by atoms with Gasteiger partial charge in [-0.05, 0) is 62.4 Å². The summed E-state index contributed by atoms with van der Waals surface area (Å²) in [7, 11) is 1.34. The van der Waals surface area contributed by atoms with E-state index in [0.29, 0.717) is 31.7 Å². The lowest BCUT2D eigenvalue weighted by Gasteiger charge is -2.47. The number of piperidine rings is 1. The van der Waals surface area contributed by atoms with Gasteiger partial charge in [-0.3, -0.25) is 0 Å². The van der Waals surface area contributed by atoms with Gasteiger partial charge in [0.2, 0.25) is 0 Å². The second kappa shape index (κ2) is 9.67. The number of aromatic nitrogens is 2. The standard InChI is InChI=1S/C24H28F3N3O3/c1-32-21(31)19-5-3-18(4-6-19)20-13-28-22(29-14-20)33-15-17-7-11-30(12-8-17)16-23(9-2-10-23)24(25,26)27/h3-6,13-14,17H,2,7-12,15-16H2,1H3. The van der Waals surface area contributed by atoms with Crippen LogP contribution in [0.25, 0.3) is 11.1 Å². The number of likely N-dealkylation sites (tertiary alicyclic amines) is 1. The molecule has 2 fully saturated rings. The Balaban J connectivity index is 1.24. The Kier molecular flexibility index (Phi) is 6.88. The van der Waals surface area contributed by atoms with Gasteiger partial charge in [0.15, 0.2) is 0 Å². The van der Waals surface area contributed by atoms with Crippen molar-refractivity contribution in [1.29, 1.82) is 0 Å². The summed E-state index contributed by atoms with van der Waals surface area (Å²) in [5.41, 5.74) is 0.631. The zero-order valence-corrected chi connectivity index (χ0v) is 18.6. The van der Waals surface area contributed by atoms with Crippen molar-refractivity contribution in [3.8, 4) is 17.1 Å². The lowest BCUT2D eigenvalue weighted by atomic mass is 9.67. The van der Waals surface area contributed by atoms with Gasteiger partial charge < -0.3 is 14.4 Å². The van der Waals surface area contributed by atoms with Crippen LogP contribution in [0.4, 0.5) is 13.2 Å². The lowest BCUT2D eigenvalue weighted by molar-refractivity contribution is -0.256. The molecule has 0 atom stereocenters. The van der Waals surface area contributed by atoms with E-state index in [9.17, 15) is 18.0 Å². The number of halogens is 3. The third-order valence-corrected chi connectivity index (χ3v) is 6.86. The van der Waals surface area contributed by atoms with Crippen LogP contribution >= 0.6 is 0 Å². The molecule has 4 rings (SSSR count). The average molecular weight is 464 g/mol. The molecule has 1 saturated heterocycles. The first kappa shape index (κ1) is 23.5. The van der Waals surface area contributed by atoms with Crippen molar-refractivity contribution in [2.45, 2.75) is 38.3 Å². The Labute approximate surface area is 191 Å². The first-order chi connectivity index (χ1) is 15.8. The van der Waals surface area contributed by atoms with Crippen LogP contribution in [-0.2, 0) is 4.74 Å².